The van der Waals surface area contributed by atoms with Crippen molar-refractivity contribution in [3.05, 3.63) is 23.3 Å². The molecule has 4 rings (SSSR count). The monoisotopic (exact) mass is 399 g/mol. The standard InChI is InChI=1S/C17H22INO2/c1-19-8-7-17-6-5-12(18)9-14(17)21-16-13(20-2)4-3-11(10-19)15(16)17/h3-4,12,14H,5-10H2,1-2H3/t12-,14+,17+/m1/s1. The van der Waals surface area contributed by atoms with Crippen LogP contribution < -0.4 is 9.47 Å². The topological polar surface area (TPSA) is 21.7 Å². The minimum absolute atomic E-state index is 0.228. The van der Waals surface area contributed by atoms with Gasteiger partial charge in [-0.2, -0.15) is 0 Å². The number of hydrogen-bond acceptors (Lipinski definition) is 3. The molecule has 3 atom stereocenters. The first-order chi connectivity index (χ1) is 10.1. The number of rotatable bonds is 1. The summed E-state index contributed by atoms with van der Waals surface area (Å²) in [6.07, 6.45) is 5.28. The Hall–Kier alpha value is -0.490. The second kappa shape index (κ2) is 5.01. The highest BCUT2D eigenvalue weighted by Crippen LogP contribution is 2.58. The van der Waals surface area contributed by atoms with Gasteiger partial charge in [-0.05, 0) is 50.9 Å². The molecule has 2 heterocycles. The third-order valence-corrected chi connectivity index (χ3v) is 6.69. The largest absolute Gasteiger partial charge is 0.493 e. The highest BCUT2D eigenvalue weighted by molar-refractivity contribution is 14.1. The van der Waals surface area contributed by atoms with E-state index >= 15 is 0 Å². The molecule has 1 saturated carbocycles. The number of halogens is 1. The molecule has 114 valence electrons. The summed E-state index contributed by atoms with van der Waals surface area (Å²) in [6, 6.07) is 4.34. The number of nitrogens with zero attached hydrogens (tertiary/aromatic N) is 1. The molecule has 1 fully saturated rings. The van der Waals surface area contributed by atoms with E-state index in [0.29, 0.717) is 6.10 Å². The lowest BCUT2D eigenvalue weighted by molar-refractivity contribution is 0.0917. The molecule has 1 aromatic rings. The van der Waals surface area contributed by atoms with Crippen molar-refractivity contribution < 1.29 is 9.47 Å². The number of benzene rings is 1. The van der Waals surface area contributed by atoms with E-state index < -0.39 is 0 Å². The predicted molar refractivity (Wildman–Crippen MR) is 91.7 cm³/mol. The van der Waals surface area contributed by atoms with Crippen molar-refractivity contribution in [3.63, 3.8) is 0 Å². The average molecular weight is 399 g/mol. The van der Waals surface area contributed by atoms with Crippen LogP contribution in [0.2, 0.25) is 0 Å². The first kappa shape index (κ1) is 14.1. The van der Waals surface area contributed by atoms with Gasteiger partial charge in [0.1, 0.15) is 6.10 Å². The van der Waals surface area contributed by atoms with Gasteiger partial charge in [0, 0.05) is 21.4 Å². The van der Waals surface area contributed by atoms with Crippen LogP contribution in [0.1, 0.15) is 36.8 Å². The molecule has 1 spiro atoms. The van der Waals surface area contributed by atoms with Crippen molar-refractivity contribution >= 4 is 22.6 Å². The molecule has 21 heavy (non-hydrogen) atoms. The predicted octanol–water partition coefficient (Wildman–Crippen LogP) is 3.52. The number of hydrogen-bond donors (Lipinski definition) is 0. The molecule has 0 N–H and O–H groups in total. The third-order valence-electron chi connectivity index (χ3n) is 5.56. The van der Waals surface area contributed by atoms with Crippen LogP contribution in [0.5, 0.6) is 11.5 Å². The molecule has 3 aliphatic rings. The summed E-state index contributed by atoms with van der Waals surface area (Å²) in [7, 11) is 3.98. The molecule has 3 nitrogen and oxygen atoms in total. The van der Waals surface area contributed by atoms with Crippen molar-refractivity contribution in [2.24, 2.45) is 0 Å². The van der Waals surface area contributed by atoms with Crippen molar-refractivity contribution in [2.75, 3.05) is 20.7 Å². The van der Waals surface area contributed by atoms with Gasteiger partial charge in [-0.3, -0.25) is 0 Å². The molecule has 4 heteroatoms. The minimum Gasteiger partial charge on any atom is -0.493 e. The normalized spacial score (nSPS) is 34.6. The molecule has 0 bridgehead atoms. The van der Waals surface area contributed by atoms with Crippen LogP contribution >= 0.6 is 22.6 Å². The van der Waals surface area contributed by atoms with Crippen LogP contribution in [0.4, 0.5) is 0 Å². The molecular weight excluding hydrogens is 377 g/mol. The van der Waals surface area contributed by atoms with Crippen LogP contribution in [-0.2, 0) is 12.0 Å². The summed E-state index contributed by atoms with van der Waals surface area (Å²) in [5.41, 5.74) is 3.14. The molecule has 0 radical (unpaired) electrons. The van der Waals surface area contributed by atoms with Crippen LogP contribution in [-0.4, -0.2) is 35.6 Å². The number of alkyl halides is 1. The average Bonchev–Trinajstić information content (AvgIpc) is 2.72. The smallest absolute Gasteiger partial charge is 0.165 e. The van der Waals surface area contributed by atoms with E-state index in [-0.39, 0.29) is 5.41 Å². The Morgan fingerprint density at radius 1 is 1.38 bits per heavy atom. The summed E-state index contributed by atoms with van der Waals surface area (Å²) in [5.74, 6) is 1.96. The van der Waals surface area contributed by atoms with E-state index in [2.05, 4.69) is 46.7 Å². The Morgan fingerprint density at radius 3 is 3.05 bits per heavy atom. The lowest BCUT2D eigenvalue weighted by Gasteiger charge is -2.40. The third kappa shape index (κ3) is 2.01. The van der Waals surface area contributed by atoms with E-state index in [0.717, 1.165) is 28.5 Å². The molecular formula is C17H22INO2. The van der Waals surface area contributed by atoms with E-state index in [1.165, 1.54) is 36.8 Å². The molecule has 0 amide bonds. The summed E-state index contributed by atoms with van der Waals surface area (Å²) in [6.45, 7) is 2.18. The Bertz CT molecular complexity index is 576. The highest BCUT2D eigenvalue weighted by Gasteiger charge is 2.54. The fraction of sp³-hybridized carbons (Fsp3) is 0.647. The van der Waals surface area contributed by atoms with Crippen molar-refractivity contribution in [3.8, 4) is 11.5 Å². The van der Waals surface area contributed by atoms with Gasteiger partial charge in [0.05, 0.1) is 7.11 Å². The van der Waals surface area contributed by atoms with Crippen molar-refractivity contribution in [1.29, 1.82) is 0 Å². The fourth-order valence-corrected chi connectivity index (χ4v) is 5.24. The van der Waals surface area contributed by atoms with Crippen LogP contribution in [0.25, 0.3) is 0 Å². The zero-order valence-electron chi connectivity index (χ0n) is 12.7. The van der Waals surface area contributed by atoms with E-state index in [1.807, 2.05) is 0 Å². The Labute approximate surface area is 140 Å². The SMILES string of the molecule is COc1ccc2c3c1O[C@H]1C[C@H](I)CC[C@@]31CCN(C)C2. The molecule has 2 aliphatic heterocycles. The van der Waals surface area contributed by atoms with Gasteiger partial charge < -0.3 is 14.4 Å². The van der Waals surface area contributed by atoms with Crippen molar-refractivity contribution in [2.45, 2.75) is 47.7 Å². The zero-order valence-corrected chi connectivity index (χ0v) is 14.9. The quantitative estimate of drug-likeness (QED) is 0.533. The maximum Gasteiger partial charge on any atom is 0.165 e. The minimum atomic E-state index is 0.228. The van der Waals surface area contributed by atoms with Gasteiger partial charge >= 0.3 is 0 Å². The number of ether oxygens (including phenoxy) is 2. The van der Waals surface area contributed by atoms with E-state index in [1.54, 1.807) is 7.11 Å². The Morgan fingerprint density at radius 2 is 2.24 bits per heavy atom. The Balaban J connectivity index is 1.90. The van der Waals surface area contributed by atoms with Gasteiger partial charge in [-0.15, -0.1) is 0 Å². The maximum atomic E-state index is 6.46. The van der Waals surface area contributed by atoms with Gasteiger partial charge in [-0.1, -0.05) is 28.7 Å². The molecule has 0 saturated heterocycles. The first-order valence-electron chi connectivity index (χ1n) is 7.83. The molecule has 1 aromatic carbocycles. The molecule has 1 aliphatic carbocycles. The van der Waals surface area contributed by atoms with Crippen LogP contribution in [0, 0.1) is 0 Å². The molecule has 0 aromatic heterocycles. The maximum absolute atomic E-state index is 6.46. The van der Waals surface area contributed by atoms with E-state index in [9.17, 15) is 0 Å². The first-order valence-corrected chi connectivity index (χ1v) is 9.08. The van der Waals surface area contributed by atoms with Gasteiger partial charge in [-0.25, -0.2) is 0 Å². The second-order valence-electron chi connectivity index (χ2n) is 6.75. The summed E-state index contributed by atoms with van der Waals surface area (Å²) in [4.78, 5) is 2.45. The zero-order chi connectivity index (χ0) is 14.6. The van der Waals surface area contributed by atoms with E-state index in [4.69, 9.17) is 9.47 Å². The summed E-state index contributed by atoms with van der Waals surface area (Å²) < 4.78 is 12.8. The summed E-state index contributed by atoms with van der Waals surface area (Å²) in [5, 5.41) is 0. The van der Waals surface area contributed by atoms with Crippen LogP contribution in [0.15, 0.2) is 12.1 Å². The lowest BCUT2D eigenvalue weighted by atomic mass is 9.66. The van der Waals surface area contributed by atoms with Gasteiger partial charge in [0.25, 0.3) is 0 Å². The lowest BCUT2D eigenvalue weighted by Crippen LogP contribution is -2.44. The second-order valence-corrected chi connectivity index (χ2v) is 8.51. The van der Waals surface area contributed by atoms with Gasteiger partial charge in [0.15, 0.2) is 11.5 Å². The number of methoxy groups -OCH3 is 1. The molecule has 0 unspecified atom stereocenters. The fourth-order valence-electron chi connectivity index (χ4n) is 4.47. The Kier molecular flexibility index (Phi) is 3.37. The van der Waals surface area contributed by atoms with Crippen molar-refractivity contribution in [1.82, 2.24) is 4.90 Å². The highest BCUT2D eigenvalue weighted by atomic mass is 127. The van der Waals surface area contributed by atoms with Gasteiger partial charge in [0.2, 0.25) is 0 Å². The summed E-state index contributed by atoms with van der Waals surface area (Å²) >= 11 is 2.59. The van der Waals surface area contributed by atoms with Crippen LogP contribution in [0.3, 0.4) is 0 Å².